The predicted octanol–water partition coefficient (Wildman–Crippen LogP) is 3.59. The van der Waals surface area contributed by atoms with E-state index >= 15 is 0 Å². The van der Waals surface area contributed by atoms with Gasteiger partial charge in [0, 0.05) is 18.7 Å². The number of fused-ring (bicyclic) bond motifs is 2. The highest BCUT2D eigenvalue weighted by atomic mass is 16.6. The van der Waals surface area contributed by atoms with Crippen LogP contribution in [-0.4, -0.2) is 29.6 Å². The van der Waals surface area contributed by atoms with Crippen molar-refractivity contribution in [2.24, 2.45) is 0 Å². The van der Waals surface area contributed by atoms with E-state index in [1.165, 1.54) is 12.0 Å². The first-order valence-electron chi connectivity index (χ1n) is 8.40. The van der Waals surface area contributed by atoms with Gasteiger partial charge in [-0.3, -0.25) is 0 Å². The SMILES string of the molecule is N#Cc1ccc(/C=C2\CC3(OC(=O)c4ccco4)CCCN2C3)cc1. The van der Waals surface area contributed by atoms with Gasteiger partial charge in [0.2, 0.25) is 5.76 Å². The highest BCUT2D eigenvalue weighted by Gasteiger charge is 2.46. The molecule has 5 nitrogen and oxygen atoms in total. The molecule has 0 saturated carbocycles. The summed E-state index contributed by atoms with van der Waals surface area (Å²) in [5.74, 6) is -0.150. The number of nitriles is 1. The highest BCUT2D eigenvalue weighted by Crippen LogP contribution is 2.41. The number of carbonyl (C=O) groups is 1. The summed E-state index contributed by atoms with van der Waals surface area (Å²) in [4.78, 5) is 14.6. The maximum atomic E-state index is 12.3. The third-order valence-electron chi connectivity index (χ3n) is 4.85. The van der Waals surface area contributed by atoms with Crippen LogP contribution in [-0.2, 0) is 4.74 Å². The zero-order valence-corrected chi connectivity index (χ0v) is 13.8. The fourth-order valence-corrected chi connectivity index (χ4v) is 3.68. The van der Waals surface area contributed by atoms with E-state index in [2.05, 4.69) is 17.0 Å². The molecule has 0 aliphatic carbocycles. The first kappa shape index (κ1) is 15.5. The molecule has 1 unspecified atom stereocenters. The summed E-state index contributed by atoms with van der Waals surface area (Å²) in [6.45, 7) is 1.70. The second-order valence-electron chi connectivity index (χ2n) is 6.62. The Labute approximate surface area is 146 Å². The van der Waals surface area contributed by atoms with Crippen molar-refractivity contribution in [3.63, 3.8) is 0 Å². The summed E-state index contributed by atoms with van der Waals surface area (Å²) in [6, 6.07) is 13.0. The van der Waals surface area contributed by atoms with Crippen molar-refractivity contribution in [1.82, 2.24) is 4.90 Å². The molecule has 3 heterocycles. The first-order valence-corrected chi connectivity index (χ1v) is 8.40. The topological polar surface area (TPSA) is 66.5 Å². The molecule has 5 heteroatoms. The Hall–Kier alpha value is -3.00. The van der Waals surface area contributed by atoms with E-state index in [4.69, 9.17) is 14.4 Å². The van der Waals surface area contributed by atoms with Gasteiger partial charge in [-0.05, 0) is 48.7 Å². The van der Waals surface area contributed by atoms with Gasteiger partial charge in [0.25, 0.3) is 0 Å². The minimum Gasteiger partial charge on any atom is -0.457 e. The number of piperidine rings is 1. The van der Waals surface area contributed by atoms with Gasteiger partial charge in [-0.15, -0.1) is 0 Å². The number of rotatable bonds is 3. The molecule has 0 radical (unpaired) electrons. The molecule has 2 bridgehead atoms. The second kappa shape index (κ2) is 6.14. The standard InChI is InChI=1S/C20H18N2O3/c21-13-16-6-4-15(5-7-16)11-17-12-20(8-2-9-22(17)14-20)25-19(23)18-3-1-10-24-18/h1,3-7,10-11H,2,8-9,12,14H2/b17-11+. The van der Waals surface area contributed by atoms with Crippen molar-refractivity contribution in [3.8, 4) is 6.07 Å². The van der Waals surface area contributed by atoms with Crippen molar-refractivity contribution in [1.29, 1.82) is 5.26 Å². The van der Waals surface area contributed by atoms with Gasteiger partial charge in [0.1, 0.15) is 5.60 Å². The van der Waals surface area contributed by atoms with E-state index in [0.717, 1.165) is 31.5 Å². The molecule has 2 fully saturated rings. The van der Waals surface area contributed by atoms with Crippen molar-refractivity contribution in [3.05, 3.63) is 65.2 Å². The zero-order valence-electron chi connectivity index (χ0n) is 13.8. The van der Waals surface area contributed by atoms with Crippen LogP contribution < -0.4 is 0 Å². The first-order chi connectivity index (χ1) is 12.2. The third kappa shape index (κ3) is 3.03. The van der Waals surface area contributed by atoms with Crippen LogP contribution >= 0.6 is 0 Å². The van der Waals surface area contributed by atoms with Crippen LogP contribution in [0.4, 0.5) is 0 Å². The summed E-state index contributed by atoms with van der Waals surface area (Å²) < 4.78 is 11.0. The van der Waals surface area contributed by atoms with Crippen LogP contribution in [0.25, 0.3) is 6.08 Å². The van der Waals surface area contributed by atoms with E-state index < -0.39 is 11.6 Å². The van der Waals surface area contributed by atoms with Gasteiger partial charge in [-0.2, -0.15) is 5.26 Å². The number of esters is 1. The summed E-state index contributed by atoms with van der Waals surface area (Å²) >= 11 is 0. The van der Waals surface area contributed by atoms with Crippen molar-refractivity contribution in [2.75, 3.05) is 13.1 Å². The van der Waals surface area contributed by atoms with E-state index in [9.17, 15) is 4.79 Å². The van der Waals surface area contributed by atoms with E-state index in [1.807, 2.05) is 24.3 Å². The van der Waals surface area contributed by atoms with Crippen LogP contribution in [0, 0.1) is 11.3 Å². The van der Waals surface area contributed by atoms with Crippen molar-refractivity contribution < 1.29 is 13.9 Å². The molecule has 4 rings (SSSR count). The lowest BCUT2D eigenvalue weighted by Gasteiger charge is -2.33. The minimum absolute atomic E-state index is 0.246. The monoisotopic (exact) mass is 334 g/mol. The Morgan fingerprint density at radius 1 is 1.32 bits per heavy atom. The maximum absolute atomic E-state index is 12.3. The molecule has 0 amide bonds. The second-order valence-corrected chi connectivity index (χ2v) is 6.62. The molecule has 0 N–H and O–H groups in total. The lowest BCUT2D eigenvalue weighted by atomic mass is 9.94. The smallest absolute Gasteiger partial charge is 0.374 e. The van der Waals surface area contributed by atoms with Crippen molar-refractivity contribution in [2.45, 2.75) is 24.9 Å². The molecule has 1 atom stereocenters. The Kier molecular flexibility index (Phi) is 3.81. The molecule has 0 spiro atoms. The molecule has 1 aromatic heterocycles. The Bertz CT molecular complexity index is 846. The molecule has 126 valence electrons. The molecular weight excluding hydrogens is 316 g/mol. The summed E-state index contributed by atoms with van der Waals surface area (Å²) in [7, 11) is 0. The molecule has 2 aromatic rings. The van der Waals surface area contributed by atoms with E-state index in [-0.39, 0.29) is 5.76 Å². The largest absolute Gasteiger partial charge is 0.457 e. The molecule has 25 heavy (non-hydrogen) atoms. The third-order valence-corrected chi connectivity index (χ3v) is 4.85. The maximum Gasteiger partial charge on any atom is 0.374 e. The summed E-state index contributed by atoms with van der Waals surface area (Å²) in [5.41, 5.74) is 2.40. The van der Waals surface area contributed by atoms with Gasteiger partial charge < -0.3 is 14.1 Å². The van der Waals surface area contributed by atoms with Crippen LogP contribution in [0.2, 0.25) is 0 Å². The highest BCUT2D eigenvalue weighted by molar-refractivity contribution is 5.86. The number of nitrogens with zero attached hydrogens (tertiary/aromatic N) is 2. The van der Waals surface area contributed by atoms with Gasteiger partial charge in [0.15, 0.2) is 0 Å². The average molecular weight is 334 g/mol. The minimum atomic E-state index is -0.472. The lowest BCUT2D eigenvalue weighted by Crippen LogP contribution is -2.42. The quantitative estimate of drug-likeness (QED) is 0.803. The van der Waals surface area contributed by atoms with Gasteiger partial charge in [-0.1, -0.05) is 12.1 Å². The van der Waals surface area contributed by atoms with Gasteiger partial charge in [0.05, 0.1) is 24.4 Å². The fraction of sp³-hybridized carbons (Fsp3) is 0.300. The number of furan rings is 1. The molecule has 2 aliphatic heterocycles. The number of hydrogen-bond acceptors (Lipinski definition) is 5. The van der Waals surface area contributed by atoms with Crippen molar-refractivity contribution >= 4 is 12.0 Å². The molecule has 2 aliphatic rings. The Morgan fingerprint density at radius 2 is 2.16 bits per heavy atom. The van der Waals surface area contributed by atoms with E-state index in [1.54, 1.807) is 12.1 Å². The van der Waals surface area contributed by atoms with Crippen LogP contribution in [0.3, 0.4) is 0 Å². The zero-order chi connectivity index (χ0) is 17.3. The number of carbonyl (C=O) groups excluding carboxylic acids is 1. The average Bonchev–Trinajstić information content (AvgIpc) is 3.23. The number of hydrogen-bond donors (Lipinski definition) is 0. The lowest BCUT2D eigenvalue weighted by molar-refractivity contribution is -0.0296. The fourth-order valence-electron chi connectivity index (χ4n) is 3.68. The number of benzene rings is 1. The van der Waals surface area contributed by atoms with Crippen LogP contribution in [0.15, 0.2) is 52.8 Å². The Balaban J connectivity index is 1.55. The van der Waals surface area contributed by atoms with Gasteiger partial charge in [-0.25, -0.2) is 4.79 Å². The van der Waals surface area contributed by atoms with Gasteiger partial charge >= 0.3 is 5.97 Å². The number of ether oxygens (including phenoxy) is 1. The van der Waals surface area contributed by atoms with E-state index in [0.29, 0.717) is 12.0 Å². The predicted molar refractivity (Wildman–Crippen MR) is 91.4 cm³/mol. The summed E-state index contributed by atoms with van der Waals surface area (Å²) in [6.07, 6.45) is 6.16. The Morgan fingerprint density at radius 3 is 2.88 bits per heavy atom. The van der Waals surface area contributed by atoms with Crippen LogP contribution in [0.5, 0.6) is 0 Å². The molecule has 1 aromatic carbocycles. The molecular formula is C20H18N2O3. The van der Waals surface area contributed by atoms with Crippen LogP contribution in [0.1, 0.15) is 40.9 Å². The normalized spacial score (nSPS) is 23.5. The summed E-state index contributed by atoms with van der Waals surface area (Å²) in [5, 5.41) is 8.90. The molecule has 2 saturated heterocycles.